The van der Waals surface area contributed by atoms with Gasteiger partial charge in [0.05, 0.1) is 24.7 Å². The third-order valence-electron chi connectivity index (χ3n) is 4.56. The summed E-state index contributed by atoms with van der Waals surface area (Å²) in [6.07, 6.45) is 1.55. The maximum atomic E-state index is 12.7. The number of ether oxygens (including phenoxy) is 1. The number of carbonyl (C=O) groups is 1. The molecule has 0 aliphatic carbocycles. The number of carbonyl (C=O) groups excluding carboxylic acids is 1. The van der Waals surface area contributed by atoms with Crippen LogP contribution >= 0.6 is 0 Å². The van der Waals surface area contributed by atoms with Crippen molar-refractivity contribution in [2.24, 2.45) is 5.10 Å². The van der Waals surface area contributed by atoms with E-state index in [1.165, 1.54) is 0 Å². The lowest BCUT2D eigenvalue weighted by Crippen LogP contribution is -2.21. The molecule has 152 valence electrons. The predicted octanol–water partition coefficient (Wildman–Crippen LogP) is 4.58. The van der Waals surface area contributed by atoms with E-state index in [0.717, 1.165) is 22.4 Å². The zero-order valence-corrected chi connectivity index (χ0v) is 16.9. The van der Waals surface area contributed by atoms with Gasteiger partial charge in [-0.05, 0) is 35.9 Å². The van der Waals surface area contributed by atoms with E-state index in [4.69, 9.17) is 4.74 Å². The number of amides is 1. The van der Waals surface area contributed by atoms with Crippen molar-refractivity contribution in [1.29, 1.82) is 0 Å². The number of nitrogens with one attached hydrogen (secondary N) is 1. The molecule has 0 saturated carbocycles. The second-order valence-corrected chi connectivity index (χ2v) is 6.67. The zero-order valence-electron chi connectivity index (χ0n) is 16.9. The van der Waals surface area contributed by atoms with Crippen molar-refractivity contribution < 1.29 is 9.53 Å². The first kappa shape index (κ1) is 20.0. The number of aromatic nitrogens is 2. The van der Waals surface area contributed by atoms with Crippen molar-refractivity contribution >= 4 is 12.1 Å². The highest BCUT2D eigenvalue weighted by atomic mass is 16.5. The molecule has 1 heterocycles. The van der Waals surface area contributed by atoms with Crippen LogP contribution in [0.3, 0.4) is 0 Å². The number of rotatable bonds is 6. The van der Waals surface area contributed by atoms with Crippen LogP contribution < -0.4 is 10.2 Å². The van der Waals surface area contributed by atoms with Gasteiger partial charge in [-0.3, -0.25) is 4.79 Å². The highest BCUT2D eigenvalue weighted by molar-refractivity contribution is 5.92. The lowest BCUT2D eigenvalue weighted by Gasteiger charge is -2.08. The van der Waals surface area contributed by atoms with E-state index in [-0.39, 0.29) is 5.82 Å². The molecule has 1 aromatic heterocycles. The largest absolute Gasteiger partial charge is 0.497 e. The van der Waals surface area contributed by atoms with Gasteiger partial charge in [-0.1, -0.05) is 60.7 Å². The second-order valence-electron chi connectivity index (χ2n) is 6.67. The fourth-order valence-electron chi connectivity index (χ4n) is 2.97. The van der Waals surface area contributed by atoms with Crippen LogP contribution in [0.25, 0.3) is 22.5 Å². The molecule has 0 unspecified atom stereocenters. The molecule has 4 rings (SSSR count). The summed E-state index contributed by atoms with van der Waals surface area (Å²) in [5.74, 6) is 0.313. The molecule has 4 aromatic rings. The summed E-state index contributed by atoms with van der Waals surface area (Å²) in [6.45, 7) is 0. The van der Waals surface area contributed by atoms with Crippen molar-refractivity contribution in [3.63, 3.8) is 0 Å². The molecule has 0 atom stereocenters. The normalized spacial score (nSPS) is 10.7. The van der Waals surface area contributed by atoms with Crippen molar-refractivity contribution in [1.82, 2.24) is 15.4 Å². The van der Waals surface area contributed by atoms with Crippen LogP contribution in [0.1, 0.15) is 16.2 Å². The third kappa shape index (κ3) is 5.00. The van der Waals surface area contributed by atoms with Crippen LogP contribution in [0, 0.1) is 0 Å². The fourth-order valence-corrected chi connectivity index (χ4v) is 2.97. The average molecular weight is 408 g/mol. The van der Waals surface area contributed by atoms with E-state index < -0.39 is 5.91 Å². The summed E-state index contributed by atoms with van der Waals surface area (Å²) in [5.41, 5.74) is 6.46. The Morgan fingerprint density at radius 2 is 1.39 bits per heavy atom. The molecule has 0 radical (unpaired) electrons. The van der Waals surface area contributed by atoms with Crippen molar-refractivity contribution in [3.05, 3.63) is 102 Å². The summed E-state index contributed by atoms with van der Waals surface area (Å²) in [4.78, 5) is 21.7. The second kappa shape index (κ2) is 9.45. The Kier molecular flexibility index (Phi) is 6.09. The van der Waals surface area contributed by atoms with Gasteiger partial charge in [-0.15, -0.1) is 0 Å². The minimum absolute atomic E-state index is 0.0482. The Morgan fingerprint density at radius 3 is 1.90 bits per heavy atom. The first-order chi connectivity index (χ1) is 15.2. The monoisotopic (exact) mass is 408 g/mol. The van der Waals surface area contributed by atoms with Gasteiger partial charge in [0.2, 0.25) is 5.82 Å². The molecule has 0 aliphatic heterocycles. The molecule has 0 bridgehead atoms. The van der Waals surface area contributed by atoms with E-state index in [2.05, 4.69) is 20.5 Å². The number of nitrogens with zero attached hydrogens (tertiary/aromatic N) is 3. The Bertz CT molecular complexity index is 1130. The Balaban J connectivity index is 1.61. The Morgan fingerprint density at radius 1 is 0.839 bits per heavy atom. The molecule has 31 heavy (non-hydrogen) atoms. The minimum Gasteiger partial charge on any atom is -0.497 e. The molecule has 6 nitrogen and oxygen atoms in total. The topological polar surface area (TPSA) is 76.5 Å². The van der Waals surface area contributed by atoms with Crippen LogP contribution in [-0.4, -0.2) is 29.2 Å². The minimum atomic E-state index is -0.486. The van der Waals surface area contributed by atoms with Gasteiger partial charge in [-0.25, -0.2) is 15.4 Å². The molecule has 1 N–H and O–H groups in total. The average Bonchev–Trinajstić information content (AvgIpc) is 2.85. The summed E-state index contributed by atoms with van der Waals surface area (Å²) in [5, 5.41) is 4.03. The predicted molar refractivity (Wildman–Crippen MR) is 121 cm³/mol. The van der Waals surface area contributed by atoms with Crippen molar-refractivity contribution in [2.75, 3.05) is 7.11 Å². The number of hydrogen-bond donors (Lipinski definition) is 1. The van der Waals surface area contributed by atoms with Gasteiger partial charge in [0.1, 0.15) is 5.75 Å². The van der Waals surface area contributed by atoms with E-state index in [1.54, 1.807) is 13.3 Å². The third-order valence-corrected chi connectivity index (χ3v) is 4.56. The van der Waals surface area contributed by atoms with E-state index >= 15 is 0 Å². The molecule has 0 spiro atoms. The van der Waals surface area contributed by atoms with Gasteiger partial charge in [0.15, 0.2) is 0 Å². The van der Waals surface area contributed by atoms with Gasteiger partial charge in [0.25, 0.3) is 0 Å². The van der Waals surface area contributed by atoms with Gasteiger partial charge in [0, 0.05) is 11.1 Å². The molecule has 0 saturated heterocycles. The van der Waals surface area contributed by atoms with Crippen LogP contribution in [-0.2, 0) is 0 Å². The zero-order chi connectivity index (χ0) is 21.5. The molecular weight excluding hydrogens is 388 g/mol. The first-order valence-electron chi connectivity index (χ1n) is 9.70. The molecule has 0 fully saturated rings. The highest BCUT2D eigenvalue weighted by Gasteiger charge is 2.14. The van der Waals surface area contributed by atoms with E-state index in [0.29, 0.717) is 11.4 Å². The first-order valence-corrected chi connectivity index (χ1v) is 9.70. The van der Waals surface area contributed by atoms with Crippen molar-refractivity contribution in [2.45, 2.75) is 0 Å². The van der Waals surface area contributed by atoms with Gasteiger partial charge < -0.3 is 4.74 Å². The molecule has 3 aromatic carbocycles. The summed E-state index contributed by atoms with van der Waals surface area (Å²) < 4.78 is 5.13. The van der Waals surface area contributed by atoms with E-state index in [1.807, 2.05) is 91.0 Å². The number of benzene rings is 3. The van der Waals surface area contributed by atoms with Gasteiger partial charge >= 0.3 is 5.91 Å². The summed E-state index contributed by atoms with van der Waals surface area (Å²) in [6, 6.07) is 28.6. The SMILES string of the molecule is COc1ccc(/C=N/NC(=O)c2nc(-c3ccccc3)cc(-c3ccccc3)n2)cc1. The van der Waals surface area contributed by atoms with E-state index in [9.17, 15) is 4.79 Å². The van der Waals surface area contributed by atoms with Crippen LogP contribution in [0.5, 0.6) is 5.75 Å². The Labute approximate surface area is 180 Å². The van der Waals surface area contributed by atoms with Crippen molar-refractivity contribution in [3.8, 4) is 28.3 Å². The smallest absolute Gasteiger partial charge is 0.309 e. The van der Waals surface area contributed by atoms with Crippen LogP contribution in [0.2, 0.25) is 0 Å². The fraction of sp³-hybridized carbons (Fsp3) is 0.0400. The van der Waals surface area contributed by atoms with Crippen LogP contribution in [0.15, 0.2) is 96.1 Å². The van der Waals surface area contributed by atoms with Gasteiger partial charge in [-0.2, -0.15) is 5.10 Å². The standard InChI is InChI=1S/C25H20N4O2/c1-31-21-14-12-18(13-15-21)17-26-29-25(30)24-27-22(19-8-4-2-5-9-19)16-23(28-24)20-10-6-3-7-11-20/h2-17H,1H3,(H,29,30)/b26-17+. The highest BCUT2D eigenvalue weighted by Crippen LogP contribution is 2.23. The number of hydrogen-bond acceptors (Lipinski definition) is 5. The van der Waals surface area contributed by atoms with Crippen LogP contribution in [0.4, 0.5) is 0 Å². The molecule has 6 heteroatoms. The molecule has 1 amide bonds. The Hall–Kier alpha value is -4.32. The molecular formula is C25H20N4O2. The summed E-state index contributed by atoms with van der Waals surface area (Å²) in [7, 11) is 1.61. The maximum absolute atomic E-state index is 12.7. The molecule has 0 aliphatic rings. The lowest BCUT2D eigenvalue weighted by molar-refractivity contribution is 0.0945. The summed E-state index contributed by atoms with van der Waals surface area (Å²) >= 11 is 0. The maximum Gasteiger partial charge on any atom is 0.309 e. The quantitative estimate of drug-likeness (QED) is 0.374. The number of methoxy groups -OCH3 is 1. The number of hydrazone groups is 1. The lowest BCUT2D eigenvalue weighted by atomic mass is 10.1.